The van der Waals surface area contributed by atoms with Crippen LogP contribution in [0.2, 0.25) is 5.02 Å². The molecule has 0 spiro atoms. The number of benzene rings is 3. The van der Waals surface area contributed by atoms with Gasteiger partial charge in [-0.15, -0.1) is 0 Å². The zero-order valence-electron chi connectivity index (χ0n) is 13.6. The molecule has 0 aromatic heterocycles. The molecule has 3 aromatic rings. The van der Waals surface area contributed by atoms with Crippen molar-refractivity contribution in [2.75, 3.05) is 5.32 Å². The van der Waals surface area contributed by atoms with Gasteiger partial charge in [0.05, 0.1) is 5.69 Å². The Morgan fingerprint density at radius 1 is 0.840 bits per heavy atom. The molecule has 0 aliphatic heterocycles. The Morgan fingerprint density at radius 2 is 1.52 bits per heavy atom. The first-order chi connectivity index (χ1) is 12.1. The topological polar surface area (TPSA) is 46.2 Å². The monoisotopic (exact) mass is 349 g/mol. The number of halogens is 1. The second-order valence-corrected chi connectivity index (χ2v) is 6.09. The molecule has 0 bridgehead atoms. The normalized spacial score (nSPS) is 10.3. The van der Waals surface area contributed by atoms with Crippen molar-refractivity contribution in [3.63, 3.8) is 0 Å². The fourth-order valence-electron chi connectivity index (χ4n) is 2.58. The van der Waals surface area contributed by atoms with Crippen LogP contribution in [-0.2, 0) is 0 Å². The van der Waals surface area contributed by atoms with Gasteiger partial charge in [0.1, 0.15) is 0 Å². The van der Waals surface area contributed by atoms with Gasteiger partial charge in [-0.05, 0) is 36.8 Å². The van der Waals surface area contributed by atoms with Crippen molar-refractivity contribution in [3.8, 4) is 0 Å². The van der Waals surface area contributed by atoms with Gasteiger partial charge in [0.25, 0.3) is 5.91 Å². The van der Waals surface area contributed by atoms with E-state index < -0.39 is 0 Å². The fourth-order valence-corrected chi connectivity index (χ4v) is 2.75. The maximum absolute atomic E-state index is 12.8. The summed E-state index contributed by atoms with van der Waals surface area (Å²) >= 11 is 6.06. The molecule has 0 unspecified atom stereocenters. The van der Waals surface area contributed by atoms with Gasteiger partial charge in [-0.1, -0.05) is 60.1 Å². The van der Waals surface area contributed by atoms with E-state index in [9.17, 15) is 9.59 Å². The van der Waals surface area contributed by atoms with E-state index in [4.69, 9.17) is 11.6 Å². The van der Waals surface area contributed by atoms with Crippen LogP contribution >= 0.6 is 11.6 Å². The Hall–Kier alpha value is -2.91. The molecule has 25 heavy (non-hydrogen) atoms. The lowest BCUT2D eigenvalue weighted by molar-refractivity contribution is 0.102. The number of ketones is 1. The van der Waals surface area contributed by atoms with Gasteiger partial charge < -0.3 is 5.32 Å². The summed E-state index contributed by atoms with van der Waals surface area (Å²) in [7, 11) is 0. The maximum atomic E-state index is 12.8. The number of hydrogen-bond acceptors (Lipinski definition) is 2. The van der Waals surface area contributed by atoms with Gasteiger partial charge in [-0.2, -0.15) is 0 Å². The first-order valence-corrected chi connectivity index (χ1v) is 8.20. The molecule has 3 nitrogen and oxygen atoms in total. The van der Waals surface area contributed by atoms with Crippen LogP contribution in [0.4, 0.5) is 5.69 Å². The van der Waals surface area contributed by atoms with Gasteiger partial charge >= 0.3 is 0 Å². The fraction of sp³-hybridized carbons (Fsp3) is 0.0476. The lowest BCUT2D eigenvalue weighted by atomic mass is 10.0. The van der Waals surface area contributed by atoms with Gasteiger partial charge in [0.2, 0.25) is 0 Å². The molecule has 0 heterocycles. The predicted molar refractivity (Wildman–Crippen MR) is 100 cm³/mol. The minimum Gasteiger partial charge on any atom is -0.321 e. The van der Waals surface area contributed by atoms with Crippen molar-refractivity contribution < 1.29 is 9.59 Å². The smallest absolute Gasteiger partial charge is 0.255 e. The summed E-state index contributed by atoms with van der Waals surface area (Å²) in [6, 6.07) is 21.1. The third-order valence-electron chi connectivity index (χ3n) is 3.90. The first-order valence-electron chi connectivity index (χ1n) is 7.82. The van der Waals surface area contributed by atoms with Crippen LogP contribution < -0.4 is 5.32 Å². The van der Waals surface area contributed by atoms with Crippen molar-refractivity contribution in [1.82, 2.24) is 0 Å². The highest BCUT2D eigenvalue weighted by Gasteiger charge is 2.17. The summed E-state index contributed by atoms with van der Waals surface area (Å²) in [6.07, 6.45) is 0. The van der Waals surface area contributed by atoms with E-state index in [-0.39, 0.29) is 11.7 Å². The highest BCUT2D eigenvalue weighted by molar-refractivity contribution is 6.31. The van der Waals surface area contributed by atoms with Gasteiger partial charge in [0, 0.05) is 21.7 Å². The van der Waals surface area contributed by atoms with Gasteiger partial charge in [0.15, 0.2) is 5.78 Å². The molecule has 0 atom stereocenters. The zero-order chi connectivity index (χ0) is 17.8. The van der Waals surface area contributed by atoms with Crippen LogP contribution in [0, 0.1) is 6.92 Å². The van der Waals surface area contributed by atoms with E-state index in [0.717, 1.165) is 5.56 Å². The average molecular weight is 350 g/mol. The summed E-state index contributed by atoms with van der Waals surface area (Å²) < 4.78 is 0. The Morgan fingerprint density at radius 3 is 2.24 bits per heavy atom. The number of rotatable bonds is 4. The molecule has 3 rings (SSSR count). The van der Waals surface area contributed by atoms with Crippen LogP contribution in [0.5, 0.6) is 0 Å². The van der Waals surface area contributed by atoms with E-state index in [0.29, 0.717) is 27.4 Å². The first kappa shape index (κ1) is 16.9. The molecule has 0 saturated carbocycles. The van der Waals surface area contributed by atoms with E-state index >= 15 is 0 Å². The molecule has 4 heteroatoms. The standard InChI is InChI=1S/C21H16ClNO2/c1-14-7-5-6-10-17(14)21(25)23-19-12-11-16(22)13-18(19)20(24)15-8-3-2-4-9-15/h2-13H,1H3,(H,23,25). The number of amides is 1. The van der Waals surface area contributed by atoms with Crippen molar-refractivity contribution in [2.45, 2.75) is 6.92 Å². The number of carbonyl (C=O) groups is 2. The number of anilines is 1. The van der Waals surface area contributed by atoms with Crippen molar-refractivity contribution in [1.29, 1.82) is 0 Å². The van der Waals surface area contributed by atoms with Crippen LogP contribution in [0.25, 0.3) is 0 Å². The van der Waals surface area contributed by atoms with Crippen LogP contribution in [-0.4, -0.2) is 11.7 Å². The molecular weight excluding hydrogens is 334 g/mol. The maximum Gasteiger partial charge on any atom is 0.255 e. The minimum atomic E-state index is -0.262. The summed E-state index contributed by atoms with van der Waals surface area (Å²) in [5, 5.41) is 3.27. The third kappa shape index (κ3) is 3.78. The lowest BCUT2D eigenvalue weighted by Gasteiger charge is -2.12. The van der Waals surface area contributed by atoms with Crippen molar-refractivity contribution >= 4 is 29.0 Å². The van der Waals surface area contributed by atoms with Crippen molar-refractivity contribution in [2.24, 2.45) is 0 Å². The number of nitrogens with one attached hydrogen (secondary N) is 1. The van der Waals surface area contributed by atoms with Gasteiger partial charge in [-0.3, -0.25) is 9.59 Å². The number of hydrogen-bond donors (Lipinski definition) is 1. The molecule has 1 amide bonds. The minimum absolute atomic E-state index is 0.191. The largest absolute Gasteiger partial charge is 0.321 e. The molecule has 1 N–H and O–H groups in total. The highest BCUT2D eigenvalue weighted by atomic mass is 35.5. The Kier molecular flexibility index (Phi) is 4.96. The molecule has 0 radical (unpaired) electrons. The van der Waals surface area contributed by atoms with Crippen LogP contribution in [0.3, 0.4) is 0 Å². The molecule has 0 aliphatic rings. The number of carbonyl (C=O) groups excluding carboxylic acids is 2. The van der Waals surface area contributed by atoms with Crippen molar-refractivity contribution in [3.05, 3.63) is 100 Å². The Balaban J connectivity index is 1.96. The van der Waals surface area contributed by atoms with Gasteiger partial charge in [-0.25, -0.2) is 0 Å². The SMILES string of the molecule is Cc1ccccc1C(=O)Nc1ccc(Cl)cc1C(=O)c1ccccc1. The second-order valence-electron chi connectivity index (χ2n) is 5.65. The number of aryl methyl sites for hydroxylation is 1. The molecule has 3 aromatic carbocycles. The summed E-state index contributed by atoms with van der Waals surface area (Å²) in [5.74, 6) is -0.453. The summed E-state index contributed by atoms with van der Waals surface area (Å²) in [4.78, 5) is 25.4. The second kappa shape index (κ2) is 7.32. The Bertz CT molecular complexity index is 936. The zero-order valence-corrected chi connectivity index (χ0v) is 14.4. The molecule has 124 valence electrons. The summed E-state index contributed by atoms with van der Waals surface area (Å²) in [6.45, 7) is 1.87. The predicted octanol–water partition coefficient (Wildman–Crippen LogP) is 5.13. The average Bonchev–Trinajstić information content (AvgIpc) is 2.63. The molecule has 0 fully saturated rings. The molecule has 0 saturated heterocycles. The third-order valence-corrected chi connectivity index (χ3v) is 4.14. The molecule has 0 aliphatic carbocycles. The van der Waals surface area contributed by atoms with E-state index in [1.807, 2.05) is 25.1 Å². The Labute approximate surface area is 151 Å². The molecular formula is C21H16ClNO2. The quantitative estimate of drug-likeness (QED) is 0.663. The van der Waals surface area contributed by atoms with E-state index in [2.05, 4.69) is 5.32 Å². The highest BCUT2D eigenvalue weighted by Crippen LogP contribution is 2.24. The van der Waals surface area contributed by atoms with Crippen LogP contribution in [0.1, 0.15) is 31.8 Å². The van der Waals surface area contributed by atoms with E-state index in [1.165, 1.54) is 0 Å². The lowest BCUT2D eigenvalue weighted by Crippen LogP contribution is -2.16. The van der Waals surface area contributed by atoms with E-state index in [1.54, 1.807) is 54.6 Å². The summed E-state index contributed by atoms with van der Waals surface area (Å²) in [5.41, 5.74) is 2.77. The van der Waals surface area contributed by atoms with Crippen LogP contribution in [0.15, 0.2) is 72.8 Å².